The molecule has 0 bridgehead atoms. The van der Waals surface area contributed by atoms with Crippen molar-refractivity contribution in [2.24, 2.45) is 0 Å². The highest BCUT2D eigenvalue weighted by Crippen LogP contribution is 2.39. The molecule has 0 saturated carbocycles. The van der Waals surface area contributed by atoms with Crippen LogP contribution in [0.15, 0.2) is 41.3 Å². The number of rotatable bonds is 8. The predicted molar refractivity (Wildman–Crippen MR) is 163 cm³/mol. The molecule has 2 aromatic carbocycles. The number of likely N-dealkylation sites (tertiary alicyclic amines) is 1. The average molecular weight is 613 g/mol. The van der Waals surface area contributed by atoms with E-state index in [4.69, 9.17) is 9.47 Å². The lowest BCUT2D eigenvalue weighted by atomic mass is 9.88. The van der Waals surface area contributed by atoms with Crippen LogP contribution in [0.25, 0.3) is 11.0 Å². The highest BCUT2D eigenvalue weighted by Gasteiger charge is 2.31. The van der Waals surface area contributed by atoms with Crippen molar-refractivity contribution < 1.29 is 32.3 Å². The van der Waals surface area contributed by atoms with E-state index in [9.17, 15) is 22.8 Å². The number of esters is 1. The number of ether oxygens (including phenoxy) is 2. The van der Waals surface area contributed by atoms with E-state index in [2.05, 4.69) is 10.3 Å². The van der Waals surface area contributed by atoms with E-state index in [1.807, 2.05) is 33.8 Å². The van der Waals surface area contributed by atoms with E-state index in [0.717, 1.165) is 11.1 Å². The number of aromatic nitrogens is 2. The van der Waals surface area contributed by atoms with Crippen molar-refractivity contribution in [3.05, 3.63) is 53.3 Å². The predicted octanol–water partition coefficient (Wildman–Crippen LogP) is 5.29. The standard InChI is InChI=1S/C31H40N4O7S/c1-7-41-27(37)15-14-26(36)33-28-24(22-16-18-34(19-17-22)30(38)42-31(4,5)6)12-13-25-29(28)32-21(3)35(25)43(39,40)23-10-8-20(2)9-11-23/h8-13,22H,7,14-19H2,1-6H3,(H,33,36). The number of fused-ring (bicyclic) bond motifs is 1. The molecule has 43 heavy (non-hydrogen) atoms. The normalized spacial score (nSPS) is 14.5. The summed E-state index contributed by atoms with van der Waals surface area (Å²) in [6.45, 7) is 11.8. The number of amides is 2. The van der Waals surface area contributed by atoms with Crippen molar-refractivity contribution in [3.8, 4) is 0 Å². The SMILES string of the molecule is CCOC(=O)CCC(=O)Nc1c(C2CCN(C(=O)OC(C)(C)C)CC2)ccc2c1nc(C)n2S(=O)(=O)c1ccc(C)cc1. The minimum Gasteiger partial charge on any atom is -0.466 e. The van der Waals surface area contributed by atoms with Crippen molar-refractivity contribution in [3.63, 3.8) is 0 Å². The molecule has 1 aliphatic rings. The first kappa shape index (κ1) is 32.0. The molecule has 1 N–H and O–H groups in total. The largest absolute Gasteiger partial charge is 0.466 e. The van der Waals surface area contributed by atoms with Crippen LogP contribution in [0.3, 0.4) is 0 Å². The Kier molecular flexibility index (Phi) is 9.48. The molecule has 2 amide bonds. The minimum absolute atomic E-state index is 0.0393. The maximum Gasteiger partial charge on any atom is 0.410 e. The van der Waals surface area contributed by atoms with E-state index in [0.29, 0.717) is 42.7 Å². The molecule has 232 valence electrons. The smallest absolute Gasteiger partial charge is 0.410 e. The van der Waals surface area contributed by atoms with Crippen LogP contribution in [0.2, 0.25) is 0 Å². The maximum atomic E-state index is 13.7. The summed E-state index contributed by atoms with van der Waals surface area (Å²) in [5.41, 5.74) is 2.19. The van der Waals surface area contributed by atoms with Gasteiger partial charge in [0.2, 0.25) is 5.91 Å². The Hall–Kier alpha value is -3.93. The second kappa shape index (κ2) is 12.7. The lowest BCUT2D eigenvalue weighted by Crippen LogP contribution is -2.41. The van der Waals surface area contributed by atoms with E-state index >= 15 is 0 Å². The lowest BCUT2D eigenvalue weighted by molar-refractivity contribution is -0.144. The zero-order valence-corrected chi connectivity index (χ0v) is 26.4. The van der Waals surface area contributed by atoms with Gasteiger partial charge in [0.25, 0.3) is 10.0 Å². The third kappa shape index (κ3) is 7.35. The van der Waals surface area contributed by atoms with Gasteiger partial charge in [-0.05, 0) is 84.1 Å². The van der Waals surface area contributed by atoms with Gasteiger partial charge in [0.15, 0.2) is 0 Å². The summed E-state index contributed by atoms with van der Waals surface area (Å²) in [7, 11) is -3.99. The van der Waals surface area contributed by atoms with Crippen LogP contribution in [0.1, 0.15) is 76.2 Å². The second-order valence-corrected chi connectivity index (χ2v) is 13.5. The Morgan fingerprint density at radius 1 is 1.00 bits per heavy atom. The molecule has 0 atom stereocenters. The summed E-state index contributed by atoms with van der Waals surface area (Å²) in [5, 5.41) is 2.93. The van der Waals surface area contributed by atoms with Crippen LogP contribution in [0.4, 0.5) is 10.5 Å². The van der Waals surface area contributed by atoms with Crippen LogP contribution in [0.5, 0.6) is 0 Å². The first-order chi connectivity index (χ1) is 20.2. The van der Waals surface area contributed by atoms with Crippen LogP contribution in [0, 0.1) is 13.8 Å². The first-order valence-corrected chi connectivity index (χ1v) is 15.9. The Bertz CT molecular complexity index is 1610. The highest BCUT2D eigenvalue weighted by molar-refractivity contribution is 7.90. The summed E-state index contributed by atoms with van der Waals surface area (Å²) in [6.07, 6.45) is 0.654. The minimum atomic E-state index is -3.99. The molecule has 0 unspecified atom stereocenters. The number of piperidine rings is 1. The third-order valence-corrected chi connectivity index (χ3v) is 9.06. The van der Waals surface area contributed by atoms with Gasteiger partial charge >= 0.3 is 12.1 Å². The van der Waals surface area contributed by atoms with Gasteiger partial charge in [-0.25, -0.2) is 22.2 Å². The van der Waals surface area contributed by atoms with Gasteiger partial charge in [-0.3, -0.25) is 9.59 Å². The van der Waals surface area contributed by atoms with Gasteiger partial charge in [0.05, 0.1) is 29.1 Å². The number of benzene rings is 2. The van der Waals surface area contributed by atoms with E-state index in [1.54, 1.807) is 49.1 Å². The van der Waals surface area contributed by atoms with Gasteiger partial charge in [0, 0.05) is 19.5 Å². The molecule has 0 radical (unpaired) electrons. The fourth-order valence-electron chi connectivity index (χ4n) is 5.20. The Morgan fingerprint density at radius 2 is 1.65 bits per heavy atom. The van der Waals surface area contributed by atoms with Gasteiger partial charge in [-0.1, -0.05) is 23.8 Å². The molecule has 0 aliphatic carbocycles. The quantitative estimate of drug-likeness (QED) is 0.339. The van der Waals surface area contributed by atoms with Crippen LogP contribution < -0.4 is 5.32 Å². The third-order valence-electron chi connectivity index (χ3n) is 7.25. The van der Waals surface area contributed by atoms with Crippen molar-refractivity contribution in [2.75, 3.05) is 25.0 Å². The highest BCUT2D eigenvalue weighted by atomic mass is 32.2. The topological polar surface area (TPSA) is 137 Å². The number of carbonyl (C=O) groups is 3. The fourth-order valence-corrected chi connectivity index (χ4v) is 6.68. The molecular formula is C31H40N4O7S. The summed E-state index contributed by atoms with van der Waals surface area (Å²) >= 11 is 0. The molecule has 1 aliphatic heterocycles. The van der Waals surface area contributed by atoms with E-state index < -0.39 is 27.5 Å². The molecule has 3 aromatic rings. The molecule has 0 spiro atoms. The molecule has 1 aromatic heterocycles. The van der Waals surface area contributed by atoms with Crippen molar-refractivity contribution >= 4 is 44.7 Å². The van der Waals surface area contributed by atoms with Gasteiger partial charge < -0.3 is 19.7 Å². The summed E-state index contributed by atoms with van der Waals surface area (Å²) < 4.78 is 39.1. The Balaban J connectivity index is 1.71. The number of nitrogens with zero attached hydrogens (tertiary/aromatic N) is 3. The van der Waals surface area contributed by atoms with Gasteiger partial charge in [-0.2, -0.15) is 0 Å². The summed E-state index contributed by atoms with van der Waals surface area (Å²) in [6, 6.07) is 10.1. The van der Waals surface area contributed by atoms with Crippen LogP contribution in [-0.4, -0.2) is 65.5 Å². The maximum absolute atomic E-state index is 13.7. The second-order valence-electron chi connectivity index (χ2n) is 11.7. The molecule has 2 heterocycles. The fraction of sp³-hybridized carbons (Fsp3) is 0.484. The van der Waals surface area contributed by atoms with E-state index in [1.165, 1.54) is 3.97 Å². The number of aryl methyl sites for hydroxylation is 2. The summed E-state index contributed by atoms with van der Waals surface area (Å²) in [5.74, 6) is -0.686. The van der Waals surface area contributed by atoms with Crippen molar-refractivity contribution in [1.29, 1.82) is 0 Å². The number of hydrogen-bond donors (Lipinski definition) is 1. The van der Waals surface area contributed by atoms with Crippen molar-refractivity contribution in [1.82, 2.24) is 13.9 Å². The van der Waals surface area contributed by atoms with Crippen LogP contribution in [-0.2, 0) is 29.1 Å². The Morgan fingerprint density at radius 3 is 2.26 bits per heavy atom. The number of carbonyl (C=O) groups excluding carboxylic acids is 3. The average Bonchev–Trinajstić information content (AvgIpc) is 3.29. The Labute approximate surface area is 252 Å². The number of nitrogens with one attached hydrogen (secondary N) is 1. The van der Waals surface area contributed by atoms with E-state index in [-0.39, 0.29) is 42.2 Å². The molecule has 11 nitrogen and oxygen atoms in total. The molecular weight excluding hydrogens is 572 g/mol. The lowest BCUT2D eigenvalue weighted by Gasteiger charge is -2.34. The van der Waals surface area contributed by atoms with Gasteiger partial charge in [0.1, 0.15) is 16.9 Å². The van der Waals surface area contributed by atoms with Crippen molar-refractivity contribution in [2.45, 2.75) is 83.6 Å². The first-order valence-electron chi connectivity index (χ1n) is 14.5. The molecule has 1 saturated heterocycles. The number of hydrogen-bond acceptors (Lipinski definition) is 8. The zero-order valence-electron chi connectivity index (χ0n) is 25.6. The number of imidazole rings is 1. The van der Waals surface area contributed by atoms with Crippen LogP contribution >= 0.6 is 0 Å². The zero-order chi connectivity index (χ0) is 31.5. The molecule has 4 rings (SSSR count). The summed E-state index contributed by atoms with van der Waals surface area (Å²) in [4.78, 5) is 44.0. The monoisotopic (exact) mass is 612 g/mol. The van der Waals surface area contributed by atoms with Gasteiger partial charge in [-0.15, -0.1) is 0 Å². The molecule has 12 heteroatoms. The number of anilines is 1. The molecule has 1 fully saturated rings.